The van der Waals surface area contributed by atoms with Crippen molar-refractivity contribution >= 4 is 13.7 Å². The first-order valence-corrected chi connectivity index (χ1v) is 10.2. The van der Waals surface area contributed by atoms with Gasteiger partial charge in [-0.2, -0.15) is 0 Å². The standard InChI is InChI=1S/C19H26O4Si/c1-20-13-15-22-24(23-16-14-21-2,19-11-7-4-8-12-19)17-18-9-5-3-6-10-18/h3-12H,13-17H2,1-2H3. The van der Waals surface area contributed by atoms with Crippen molar-refractivity contribution in [1.29, 1.82) is 0 Å². The maximum atomic E-state index is 6.34. The molecule has 0 N–H and O–H groups in total. The molecule has 0 spiro atoms. The van der Waals surface area contributed by atoms with Crippen molar-refractivity contribution < 1.29 is 18.3 Å². The highest BCUT2D eigenvalue weighted by Crippen LogP contribution is 2.16. The van der Waals surface area contributed by atoms with E-state index < -0.39 is 8.56 Å². The quantitative estimate of drug-likeness (QED) is 0.463. The number of hydrogen-bond acceptors (Lipinski definition) is 4. The number of ether oxygens (including phenoxy) is 2. The number of benzene rings is 2. The summed E-state index contributed by atoms with van der Waals surface area (Å²) in [6.45, 7) is 2.11. The van der Waals surface area contributed by atoms with Crippen LogP contribution in [0.1, 0.15) is 5.56 Å². The van der Waals surface area contributed by atoms with Crippen LogP contribution >= 0.6 is 0 Å². The highest BCUT2D eigenvalue weighted by Gasteiger charge is 2.40. The highest BCUT2D eigenvalue weighted by atomic mass is 28.4. The molecule has 0 saturated heterocycles. The van der Waals surface area contributed by atoms with Crippen LogP contribution in [0.15, 0.2) is 60.7 Å². The Morgan fingerprint density at radius 1 is 0.667 bits per heavy atom. The van der Waals surface area contributed by atoms with E-state index in [1.54, 1.807) is 14.2 Å². The van der Waals surface area contributed by atoms with Crippen LogP contribution in [0.3, 0.4) is 0 Å². The van der Waals surface area contributed by atoms with Gasteiger partial charge >= 0.3 is 8.56 Å². The molecule has 0 atom stereocenters. The lowest BCUT2D eigenvalue weighted by Crippen LogP contribution is -2.57. The molecular weight excluding hydrogens is 320 g/mol. The average molecular weight is 346 g/mol. The van der Waals surface area contributed by atoms with Crippen LogP contribution in [0.25, 0.3) is 0 Å². The molecule has 130 valence electrons. The second kappa shape index (κ2) is 10.4. The summed E-state index contributed by atoms with van der Waals surface area (Å²) in [4.78, 5) is 0. The van der Waals surface area contributed by atoms with Crippen molar-refractivity contribution in [2.24, 2.45) is 0 Å². The Balaban J connectivity index is 2.29. The Bertz CT molecular complexity index is 552. The summed E-state index contributed by atoms with van der Waals surface area (Å²) in [6, 6.07) is 21.3. The Morgan fingerprint density at radius 3 is 1.67 bits per heavy atom. The molecule has 0 aliphatic rings. The smallest absolute Gasteiger partial charge is 0.377 e. The van der Waals surface area contributed by atoms with Crippen LogP contribution in [-0.4, -0.2) is 49.2 Å². The van der Waals surface area contributed by atoms with Gasteiger partial charge in [0.2, 0.25) is 0 Å². The monoisotopic (exact) mass is 346 g/mol. The number of rotatable bonds is 11. The minimum atomic E-state index is -2.65. The van der Waals surface area contributed by atoms with Crippen LogP contribution in [0.4, 0.5) is 0 Å². The minimum Gasteiger partial charge on any atom is -0.388 e. The van der Waals surface area contributed by atoms with E-state index in [2.05, 4.69) is 24.3 Å². The van der Waals surface area contributed by atoms with Gasteiger partial charge in [0, 0.05) is 20.3 Å². The molecule has 2 aromatic rings. The van der Waals surface area contributed by atoms with E-state index in [0.717, 1.165) is 11.2 Å². The lowest BCUT2D eigenvalue weighted by Gasteiger charge is -2.31. The zero-order valence-electron chi connectivity index (χ0n) is 14.4. The molecule has 0 unspecified atom stereocenters. The average Bonchev–Trinajstić information content (AvgIpc) is 2.63. The second-order valence-electron chi connectivity index (χ2n) is 5.46. The lowest BCUT2D eigenvalue weighted by atomic mass is 10.2. The van der Waals surface area contributed by atoms with Crippen LogP contribution in [0.5, 0.6) is 0 Å². The van der Waals surface area contributed by atoms with E-state index in [0.29, 0.717) is 26.4 Å². The molecule has 0 saturated carbocycles. The van der Waals surface area contributed by atoms with E-state index >= 15 is 0 Å². The fraction of sp³-hybridized carbons (Fsp3) is 0.368. The predicted molar refractivity (Wildman–Crippen MR) is 97.6 cm³/mol. The summed E-state index contributed by atoms with van der Waals surface area (Å²) in [5, 5.41) is 1.13. The van der Waals surface area contributed by atoms with E-state index in [-0.39, 0.29) is 0 Å². The second-order valence-corrected chi connectivity index (χ2v) is 8.48. The Morgan fingerprint density at radius 2 is 1.17 bits per heavy atom. The fourth-order valence-corrected chi connectivity index (χ4v) is 5.67. The maximum absolute atomic E-state index is 6.34. The van der Waals surface area contributed by atoms with Crippen molar-refractivity contribution in [3.05, 3.63) is 66.2 Å². The third kappa shape index (κ3) is 5.54. The van der Waals surface area contributed by atoms with Gasteiger partial charge < -0.3 is 18.3 Å². The molecule has 2 aromatic carbocycles. The zero-order valence-corrected chi connectivity index (χ0v) is 15.4. The van der Waals surface area contributed by atoms with Crippen molar-refractivity contribution in [3.63, 3.8) is 0 Å². The van der Waals surface area contributed by atoms with Crippen molar-refractivity contribution in [1.82, 2.24) is 0 Å². The summed E-state index contributed by atoms with van der Waals surface area (Å²) in [5.74, 6) is 0. The summed E-state index contributed by atoms with van der Waals surface area (Å²) < 4.78 is 23.0. The molecular formula is C19H26O4Si. The molecule has 2 rings (SSSR count). The minimum absolute atomic E-state index is 0.511. The Hall–Kier alpha value is -1.50. The van der Waals surface area contributed by atoms with Crippen LogP contribution in [0, 0.1) is 0 Å². The molecule has 0 aliphatic heterocycles. The van der Waals surface area contributed by atoms with Crippen LogP contribution in [-0.2, 0) is 24.4 Å². The van der Waals surface area contributed by atoms with Gasteiger partial charge in [-0.15, -0.1) is 0 Å². The summed E-state index contributed by atoms with van der Waals surface area (Å²) in [5.41, 5.74) is 1.21. The van der Waals surface area contributed by atoms with Gasteiger partial charge in [-0.05, 0) is 10.8 Å². The predicted octanol–water partition coefficient (Wildman–Crippen LogP) is 2.44. The van der Waals surface area contributed by atoms with E-state index in [1.165, 1.54) is 5.56 Å². The SMILES string of the molecule is COCCO[Si](Cc1ccccc1)(OCCOC)c1ccccc1. The lowest BCUT2D eigenvalue weighted by molar-refractivity contribution is 0.0912. The topological polar surface area (TPSA) is 36.9 Å². The van der Waals surface area contributed by atoms with Gasteiger partial charge in [0.05, 0.1) is 26.4 Å². The van der Waals surface area contributed by atoms with E-state index in [1.807, 2.05) is 36.4 Å². The van der Waals surface area contributed by atoms with Gasteiger partial charge in [0.1, 0.15) is 0 Å². The first-order chi connectivity index (χ1) is 11.8. The number of methoxy groups -OCH3 is 2. The molecule has 0 aliphatic carbocycles. The van der Waals surface area contributed by atoms with Gasteiger partial charge in [-0.1, -0.05) is 60.7 Å². The van der Waals surface area contributed by atoms with E-state index in [9.17, 15) is 0 Å². The number of hydrogen-bond donors (Lipinski definition) is 0. The van der Waals surface area contributed by atoms with Gasteiger partial charge in [-0.25, -0.2) is 0 Å². The Labute approximate surface area is 145 Å². The van der Waals surface area contributed by atoms with Gasteiger partial charge in [0.15, 0.2) is 0 Å². The van der Waals surface area contributed by atoms with E-state index in [4.69, 9.17) is 18.3 Å². The molecule has 0 aromatic heterocycles. The van der Waals surface area contributed by atoms with Gasteiger partial charge in [0.25, 0.3) is 0 Å². The van der Waals surface area contributed by atoms with Crippen molar-refractivity contribution in [2.75, 3.05) is 40.6 Å². The van der Waals surface area contributed by atoms with Crippen LogP contribution in [0.2, 0.25) is 0 Å². The Kier molecular flexibility index (Phi) is 8.14. The van der Waals surface area contributed by atoms with Gasteiger partial charge in [-0.3, -0.25) is 0 Å². The molecule has 0 heterocycles. The normalized spacial score (nSPS) is 11.6. The van der Waals surface area contributed by atoms with Crippen molar-refractivity contribution in [3.8, 4) is 0 Å². The summed E-state index contributed by atoms with van der Waals surface area (Å²) in [6.07, 6.45) is 0. The molecule has 0 fully saturated rings. The molecule has 0 bridgehead atoms. The zero-order chi connectivity index (χ0) is 17.1. The fourth-order valence-electron chi connectivity index (χ4n) is 2.55. The summed E-state index contributed by atoms with van der Waals surface area (Å²) >= 11 is 0. The third-order valence-electron chi connectivity index (χ3n) is 3.74. The molecule has 0 radical (unpaired) electrons. The first-order valence-electron chi connectivity index (χ1n) is 8.16. The maximum Gasteiger partial charge on any atom is 0.377 e. The highest BCUT2D eigenvalue weighted by molar-refractivity contribution is 6.80. The molecule has 0 amide bonds. The molecule has 5 heteroatoms. The first kappa shape index (κ1) is 18.8. The third-order valence-corrected chi connectivity index (χ3v) is 7.17. The summed E-state index contributed by atoms with van der Waals surface area (Å²) in [7, 11) is 0.710. The molecule has 24 heavy (non-hydrogen) atoms. The molecule has 4 nitrogen and oxygen atoms in total. The van der Waals surface area contributed by atoms with Crippen LogP contribution < -0.4 is 5.19 Å². The largest absolute Gasteiger partial charge is 0.388 e. The van der Waals surface area contributed by atoms with Crippen molar-refractivity contribution in [2.45, 2.75) is 6.04 Å².